The third kappa shape index (κ3) is 3.87. The molecule has 1 heterocycles. The van der Waals surface area contributed by atoms with Crippen LogP contribution >= 0.6 is 23.2 Å². The van der Waals surface area contributed by atoms with Gasteiger partial charge in [0.25, 0.3) is 0 Å². The van der Waals surface area contributed by atoms with Crippen molar-refractivity contribution in [3.05, 3.63) is 28.8 Å². The molecule has 0 spiro atoms. The molecule has 1 aromatic carbocycles. The van der Waals surface area contributed by atoms with Gasteiger partial charge >= 0.3 is 0 Å². The van der Waals surface area contributed by atoms with Gasteiger partial charge in [0.15, 0.2) is 0 Å². The first-order valence-electron chi connectivity index (χ1n) is 7.11. The second-order valence-electron chi connectivity index (χ2n) is 4.96. The van der Waals surface area contributed by atoms with Crippen LogP contribution in [0.3, 0.4) is 0 Å². The number of nitrogens with zero attached hydrogens (tertiary/aromatic N) is 2. The average molecular weight is 333 g/mol. The summed E-state index contributed by atoms with van der Waals surface area (Å²) in [5.74, 6) is 0.283. The van der Waals surface area contributed by atoms with Crippen molar-refractivity contribution in [2.24, 2.45) is 0 Å². The molecule has 0 saturated carbocycles. The lowest BCUT2D eigenvalue weighted by molar-refractivity contribution is 0.129. The van der Waals surface area contributed by atoms with E-state index in [4.69, 9.17) is 27.9 Å². The van der Waals surface area contributed by atoms with Gasteiger partial charge in [-0.15, -0.1) is 11.6 Å². The predicted molar refractivity (Wildman–Crippen MR) is 84.7 cm³/mol. The number of aromatic nitrogens is 2. The lowest BCUT2D eigenvalue weighted by Crippen LogP contribution is -2.07. The van der Waals surface area contributed by atoms with Crippen LogP contribution in [-0.2, 0) is 11.3 Å². The minimum absolute atomic E-state index is 0.0761. The van der Waals surface area contributed by atoms with E-state index in [1.54, 1.807) is 6.07 Å². The largest absolute Gasteiger partial charge is 0.381 e. The zero-order valence-electron chi connectivity index (χ0n) is 12.2. The first-order chi connectivity index (χ1) is 10.0. The van der Waals surface area contributed by atoms with Crippen LogP contribution in [-0.4, -0.2) is 22.8 Å². The van der Waals surface area contributed by atoms with Gasteiger partial charge in [-0.3, -0.25) is 0 Å². The summed E-state index contributed by atoms with van der Waals surface area (Å²) in [6.07, 6.45) is 1.83. The molecule has 0 bridgehead atoms. The van der Waals surface area contributed by atoms with Crippen molar-refractivity contribution in [2.75, 3.05) is 13.2 Å². The molecule has 3 nitrogen and oxygen atoms in total. The third-order valence-corrected chi connectivity index (χ3v) is 3.68. The molecule has 0 fully saturated rings. The standard InChI is InChI=1S/C15H19Cl2FN2O/c1-3-6-21-7-4-5-20-14-9-12(18)11(17)8-13(14)19-15(20)10(2)16/h8-10H,3-7H2,1-2H3. The number of ether oxygens (including phenoxy) is 1. The summed E-state index contributed by atoms with van der Waals surface area (Å²) in [5, 5.41) is -0.178. The van der Waals surface area contributed by atoms with Crippen LogP contribution in [0.25, 0.3) is 11.0 Å². The number of rotatable bonds is 7. The molecular weight excluding hydrogens is 314 g/mol. The van der Waals surface area contributed by atoms with Crippen molar-refractivity contribution in [3.63, 3.8) is 0 Å². The van der Waals surface area contributed by atoms with Gasteiger partial charge in [-0.2, -0.15) is 0 Å². The van der Waals surface area contributed by atoms with Crippen molar-refractivity contribution in [2.45, 2.75) is 38.6 Å². The second kappa shape index (κ2) is 7.43. The molecule has 0 aliphatic carbocycles. The number of hydrogen-bond donors (Lipinski definition) is 0. The molecule has 0 N–H and O–H groups in total. The Bertz CT molecular complexity index is 613. The van der Waals surface area contributed by atoms with Crippen molar-refractivity contribution < 1.29 is 9.13 Å². The van der Waals surface area contributed by atoms with Gasteiger partial charge in [0.05, 0.1) is 21.4 Å². The molecule has 116 valence electrons. The Labute approximate surface area is 134 Å². The SMILES string of the molecule is CCCOCCCn1c(C(C)Cl)nc2cc(Cl)c(F)cc21. The van der Waals surface area contributed by atoms with E-state index in [2.05, 4.69) is 11.9 Å². The summed E-state index contributed by atoms with van der Waals surface area (Å²) < 4.78 is 21.1. The summed E-state index contributed by atoms with van der Waals surface area (Å²) in [7, 11) is 0. The maximum atomic E-state index is 13.7. The van der Waals surface area contributed by atoms with Crippen molar-refractivity contribution in [3.8, 4) is 0 Å². The monoisotopic (exact) mass is 332 g/mol. The normalized spacial score (nSPS) is 13.0. The molecule has 2 rings (SSSR count). The van der Waals surface area contributed by atoms with Crippen LogP contribution in [0.4, 0.5) is 4.39 Å². The fourth-order valence-electron chi connectivity index (χ4n) is 2.25. The van der Waals surface area contributed by atoms with E-state index < -0.39 is 5.82 Å². The quantitative estimate of drug-likeness (QED) is 0.530. The van der Waals surface area contributed by atoms with Crippen molar-refractivity contribution >= 4 is 34.2 Å². The first kappa shape index (κ1) is 16.5. The lowest BCUT2D eigenvalue weighted by Gasteiger charge is -2.10. The highest BCUT2D eigenvalue weighted by Crippen LogP contribution is 2.28. The molecule has 21 heavy (non-hydrogen) atoms. The zero-order valence-corrected chi connectivity index (χ0v) is 13.7. The predicted octanol–water partition coefficient (Wildman–Crippen LogP) is 4.95. The Balaban J connectivity index is 2.26. The molecule has 0 amide bonds. The first-order valence-corrected chi connectivity index (χ1v) is 7.93. The summed E-state index contributed by atoms with van der Waals surface area (Å²) in [6.45, 7) is 6.04. The van der Waals surface area contributed by atoms with Gasteiger partial charge in [-0.25, -0.2) is 9.37 Å². The van der Waals surface area contributed by atoms with E-state index in [1.807, 2.05) is 11.5 Å². The maximum absolute atomic E-state index is 13.7. The summed E-state index contributed by atoms with van der Waals surface area (Å²) in [6, 6.07) is 2.96. The molecule has 6 heteroatoms. The highest BCUT2D eigenvalue weighted by molar-refractivity contribution is 6.31. The number of benzene rings is 1. The van der Waals surface area contributed by atoms with Crippen LogP contribution in [0.2, 0.25) is 5.02 Å². The second-order valence-corrected chi connectivity index (χ2v) is 6.02. The van der Waals surface area contributed by atoms with E-state index in [0.29, 0.717) is 18.7 Å². The summed E-state index contributed by atoms with van der Waals surface area (Å²) >= 11 is 12.0. The molecule has 1 unspecified atom stereocenters. The third-order valence-electron chi connectivity index (χ3n) is 3.19. The van der Waals surface area contributed by atoms with E-state index in [9.17, 15) is 4.39 Å². The Morgan fingerprint density at radius 3 is 2.81 bits per heavy atom. The van der Waals surface area contributed by atoms with Crippen molar-refractivity contribution in [1.82, 2.24) is 9.55 Å². The molecule has 1 aromatic heterocycles. The minimum atomic E-state index is -0.443. The summed E-state index contributed by atoms with van der Waals surface area (Å²) in [5.41, 5.74) is 1.38. The van der Waals surface area contributed by atoms with Gasteiger partial charge in [-0.1, -0.05) is 18.5 Å². The van der Waals surface area contributed by atoms with Gasteiger partial charge in [0.1, 0.15) is 11.6 Å². The summed E-state index contributed by atoms with van der Waals surface area (Å²) in [4.78, 5) is 4.47. The fourth-order valence-corrected chi connectivity index (χ4v) is 2.57. The Kier molecular flexibility index (Phi) is 5.85. The van der Waals surface area contributed by atoms with Crippen LogP contribution in [0.1, 0.15) is 37.9 Å². The molecule has 0 saturated heterocycles. The number of alkyl halides is 1. The Hall–Kier alpha value is -0.840. The molecule has 0 aliphatic rings. The molecular formula is C15H19Cl2FN2O. The fraction of sp³-hybridized carbons (Fsp3) is 0.533. The Morgan fingerprint density at radius 2 is 2.14 bits per heavy atom. The van der Waals surface area contributed by atoms with Crippen LogP contribution in [0.15, 0.2) is 12.1 Å². The smallest absolute Gasteiger partial charge is 0.144 e. The minimum Gasteiger partial charge on any atom is -0.381 e. The number of halogens is 3. The van der Waals surface area contributed by atoms with Crippen LogP contribution in [0.5, 0.6) is 0 Å². The van der Waals surface area contributed by atoms with E-state index >= 15 is 0 Å². The van der Waals surface area contributed by atoms with Gasteiger partial charge in [-0.05, 0) is 25.8 Å². The van der Waals surface area contributed by atoms with Gasteiger partial charge < -0.3 is 9.30 Å². The molecule has 1 atom stereocenters. The Morgan fingerprint density at radius 1 is 1.38 bits per heavy atom. The van der Waals surface area contributed by atoms with E-state index in [-0.39, 0.29) is 10.4 Å². The zero-order chi connectivity index (χ0) is 15.4. The highest BCUT2D eigenvalue weighted by atomic mass is 35.5. The number of hydrogen-bond acceptors (Lipinski definition) is 2. The maximum Gasteiger partial charge on any atom is 0.144 e. The van der Waals surface area contributed by atoms with Gasteiger partial charge in [0, 0.05) is 25.8 Å². The van der Waals surface area contributed by atoms with E-state index in [1.165, 1.54) is 6.07 Å². The molecule has 2 aromatic rings. The number of fused-ring (bicyclic) bond motifs is 1. The van der Waals surface area contributed by atoms with Crippen LogP contribution in [0, 0.1) is 5.82 Å². The number of imidazole rings is 1. The molecule has 0 aliphatic heterocycles. The van der Waals surface area contributed by atoms with Crippen LogP contribution < -0.4 is 0 Å². The van der Waals surface area contributed by atoms with Gasteiger partial charge in [0.2, 0.25) is 0 Å². The average Bonchev–Trinajstić information content (AvgIpc) is 2.77. The lowest BCUT2D eigenvalue weighted by atomic mass is 10.3. The van der Waals surface area contributed by atoms with Crippen molar-refractivity contribution in [1.29, 1.82) is 0 Å². The number of aryl methyl sites for hydroxylation is 1. The highest BCUT2D eigenvalue weighted by Gasteiger charge is 2.16. The van der Waals surface area contributed by atoms with E-state index in [0.717, 1.165) is 30.8 Å². The molecule has 0 radical (unpaired) electrons. The topological polar surface area (TPSA) is 27.1 Å².